The van der Waals surface area contributed by atoms with Gasteiger partial charge in [0.05, 0.1) is 12.7 Å². The standard InChI is InChI=1S/C15H16ClN3O4/c1-23-11-8-9(16)2-3-10(11)12(20)19-6-4-15(5-7-19)13(21)17-14(22)18-15/h2-3,8H,4-7H2,1H3,(H2,17,18,21,22). The lowest BCUT2D eigenvalue weighted by molar-refractivity contribution is -0.125. The summed E-state index contributed by atoms with van der Waals surface area (Å²) in [5.74, 6) is -0.0912. The Morgan fingerprint density at radius 2 is 2.00 bits per heavy atom. The van der Waals surface area contributed by atoms with E-state index in [1.54, 1.807) is 23.1 Å². The third kappa shape index (κ3) is 2.72. The van der Waals surface area contributed by atoms with E-state index in [4.69, 9.17) is 16.3 Å². The van der Waals surface area contributed by atoms with E-state index in [0.29, 0.717) is 42.3 Å². The fraction of sp³-hybridized carbons (Fsp3) is 0.400. The fourth-order valence-electron chi connectivity index (χ4n) is 2.98. The van der Waals surface area contributed by atoms with Crippen molar-refractivity contribution in [2.45, 2.75) is 18.4 Å². The van der Waals surface area contributed by atoms with Crippen molar-refractivity contribution in [2.75, 3.05) is 20.2 Å². The molecule has 23 heavy (non-hydrogen) atoms. The number of nitrogens with one attached hydrogen (secondary N) is 2. The number of ether oxygens (including phenoxy) is 1. The number of benzene rings is 1. The first-order valence-electron chi connectivity index (χ1n) is 7.21. The molecule has 0 saturated carbocycles. The molecule has 122 valence electrons. The topological polar surface area (TPSA) is 87.7 Å². The van der Waals surface area contributed by atoms with E-state index in [0.717, 1.165) is 0 Å². The van der Waals surface area contributed by atoms with Crippen LogP contribution in [0.5, 0.6) is 5.75 Å². The summed E-state index contributed by atoms with van der Waals surface area (Å²) in [5, 5.41) is 5.41. The van der Waals surface area contributed by atoms with Gasteiger partial charge in [0.15, 0.2) is 0 Å². The predicted molar refractivity (Wildman–Crippen MR) is 82.5 cm³/mol. The van der Waals surface area contributed by atoms with Crippen molar-refractivity contribution in [1.29, 1.82) is 0 Å². The smallest absolute Gasteiger partial charge is 0.322 e. The van der Waals surface area contributed by atoms with Crippen LogP contribution in [-0.4, -0.2) is 48.5 Å². The number of rotatable bonds is 2. The Hall–Kier alpha value is -2.28. The quantitative estimate of drug-likeness (QED) is 0.793. The summed E-state index contributed by atoms with van der Waals surface area (Å²) in [7, 11) is 1.48. The minimum absolute atomic E-state index is 0.182. The molecule has 0 aromatic heterocycles. The van der Waals surface area contributed by atoms with Crippen LogP contribution in [0.1, 0.15) is 23.2 Å². The molecule has 8 heteroatoms. The summed E-state index contributed by atoms with van der Waals surface area (Å²) in [5.41, 5.74) is -0.467. The van der Waals surface area contributed by atoms with Crippen LogP contribution >= 0.6 is 11.6 Å². The van der Waals surface area contributed by atoms with E-state index in [2.05, 4.69) is 10.6 Å². The summed E-state index contributed by atoms with van der Waals surface area (Å²) in [6.45, 7) is 0.747. The van der Waals surface area contributed by atoms with E-state index in [1.807, 2.05) is 0 Å². The first-order valence-corrected chi connectivity index (χ1v) is 7.59. The lowest BCUT2D eigenvalue weighted by atomic mass is 9.87. The van der Waals surface area contributed by atoms with Crippen molar-refractivity contribution in [2.24, 2.45) is 0 Å². The van der Waals surface area contributed by atoms with Crippen molar-refractivity contribution >= 4 is 29.4 Å². The number of hydrogen-bond donors (Lipinski definition) is 2. The van der Waals surface area contributed by atoms with Crippen LogP contribution in [0.3, 0.4) is 0 Å². The van der Waals surface area contributed by atoms with Gasteiger partial charge in [-0.1, -0.05) is 11.6 Å². The number of hydrogen-bond acceptors (Lipinski definition) is 4. The number of carbonyl (C=O) groups excluding carboxylic acids is 3. The zero-order valence-corrected chi connectivity index (χ0v) is 13.3. The maximum absolute atomic E-state index is 12.7. The summed E-state index contributed by atoms with van der Waals surface area (Å²) < 4.78 is 5.21. The number of nitrogens with zero attached hydrogens (tertiary/aromatic N) is 1. The monoisotopic (exact) mass is 337 g/mol. The van der Waals surface area contributed by atoms with Crippen molar-refractivity contribution < 1.29 is 19.1 Å². The number of piperidine rings is 1. The second-order valence-electron chi connectivity index (χ2n) is 5.63. The van der Waals surface area contributed by atoms with Gasteiger partial charge in [0.25, 0.3) is 11.8 Å². The number of urea groups is 1. The number of methoxy groups -OCH3 is 1. The first kappa shape index (κ1) is 15.6. The van der Waals surface area contributed by atoms with Gasteiger partial charge < -0.3 is 15.0 Å². The SMILES string of the molecule is COc1cc(Cl)ccc1C(=O)N1CCC2(CC1)NC(=O)NC2=O. The molecule has 1 spiro atoms. The average molecular weight is 338 g/mol. The molecule has 1 aromatic carbocycles. The molecular formula is C15H16ClN3O4. The minimum Gasteiger partial charge on any atom is -0.496 e. The zero-order valence-electron chi connectivity index (χ0n) is 12.5. The van der Waals surface area contributed by atoms with Crippen LogP contribution in [0.15, 0.2) is 18.2 Å². The Morgan fingerprint density at radius 3 is 2.57 bits per heavy atom. The van der Waals surface area contributed by atoms with E-state index in [9.17, 15) is 14.4 Å². The first-order chi connectivity index (χ1) is 10.9. The molecular weight excluding hydrogens is 322 g/mol. The molecule has 2 heterocycles. The predicted octanol–water partition coefficient (Wildman–Crippen LogP) is 1.16. The maximum Gasteiger partial charge on any atom is 0.322 e. The number of amides is 4. The largest absolute Gasteiger partial charge is 0.496 e. The summed E-state index contributed by atoms with van der Waals surface area (Å²) >= 11 is 5.91. The molecule has 0 radical (unpaired) electrons. The van der Waals surface area contributed by atoms with Crippen LogP contribution in [0.2, 0.25) is 5.02 Å². The van der Waals surface area contributed by atoms with E-state index >= 15 is 0 Å². The molecule has 2 aliphatic heterocycles. The van der Waals surface area contributed by atoms with Gasteiger partial charge in [0, 0.05) is 18.1 Å². The Balaban J connectivity index is 1.74. The van der Waals surface area contributed by atoms with Gasteiger partial charge in [0.2, 0.25) is 0 Å². The zero-order chi connectivity index (χ0) is 16.6. The van der Waals surface area contributed by atoms with Crippen LogP contribution in [0.4, 0.5) is 4.79 Å². The highest BCUT2D eigenvalue weighted by Gasteiger charge is 2.48. The van der Waals surface area contributed by atoms with Crippen molar-refractivity contribution in [1.82, 2.24) is 15.5 Å². The Labute approximate surface area is 137 Å². The Bertz CT molecular complexity index is 683. The van der Waals surface area contributed by atoms with Gasteiger partial charge >= 0.3 is 6.03 Å². The molecule has 0 atom stereocenters. The Kier molecular flexibility index (Phi) is 3.89. The van der Waals surface area contributed by atoms with Crippen LogP contribution in [-0.2, 0) is 4.79 Å². The molecule has 0 aliphatic carbocycles. The average Bonchev–Trinajstić information content (AvgIpc) is 2.81. The molecule has 7 nitrogen and oxygen atoms in total. The van der Waals surface area contributed by atoms with Gasteiger partial charge in [-0.25, -0.2) is 4.79 Å². The summed E-state index contributed by atoms with van der Waals surface area (Å²) in [6, 6.07) is 4.37. The number of halogens is 1. The normalized spacial score (nSPS) is 19.5. The van der Waals surface area contributed by atoms with E-state index in [-0.39, 0.29) is 11.8 Å². The van der Waals surface area contributed by atoms with Gasteiger partial charge in [-0.05, 0) is 31.0 Å². The number of carbonyl (C=O) groups is 3. The van der Waals surface area contributed by atoms with Crippen molar-refractivity contribution in [3.8, 4) is 5.75 Å². The number of imide groups is 1. The lowest BCUT2D eigenvalue weighted by Gasteiger charge is -2.37. The molecule has 2 saturated heterocycles. The molecule has 4 amide bonds. The summed E-state index contributed by atoms with van der Waals surface area (Å²) in [6.07, 6.45) is 0.762. The maximum atomic E-state index is 12.7. The highest BCUT2D eigenvalue weighted by molar-refractivity contribution is 6.30. The van der Waals surface area contributed by atoms with Crippen LogP contribution in [0.25, 0.3) is 0 Å². The Morgan fingerprint density at radius 1 is 1.30 bits per heavy atom. The van der Waals surface area contributed by atoms with Gasteiger partial charge in [-0.3, -0.25) is 14.9 Å². The lowest BCUT2D eigenvalue weighted by Crippen LogP contribution is -2.55. The molecule has 3 rings (SSSR count). The third-order valence-electron chi connectivity index (χ3n) is 4.31. The molecule has 2 N–H and O–H groups in total. The third-order valence-corrected chi connectivity index (χ3v) is 4.55. The van der Waals surface area contributed by atoms with Crippen LogP contribution in [0, 0.1) is 0 Å². The van der Waals surface area contributed by atoms with Gasteiger partial charge in [0.1, 0.15) is 11.3 Å². The van der Waals surface area contributed by atoms with E-state index in [1.165, 1.54) is 7.11 Å². The number of likely N-dealkylation sites (tertiary alicyclic amines) is 1. The van der Waals surface area contributed by atoms with Gasteiger partial charge in [-0.2, -0.15) is 0 Å². The van der Waals surface area contributed by atoms with Crippen LogP contribution < -0.4 is 15.4 Å². The summed E-state index contributed by atoms with van der Waals surface area (Å²) in [4.78, 5) is 37.5. The fourth-order valence-corrected chi connectivity index (χ4v) is 3.15. The molecule has 2 fully saturated rings. The molecule has 0 bridgehead atoms. The molecule has 1 aromatic rings. The molecule has 0 unspecified atom stereocenters. The molecule has 2 aliphatic rings. The van der Waals surface area contributed by atoms with Crippen molar-refractivity contribution in [3.05, 3.63) is 28.8 Å². The second-order valence-corrected chi connectivity index (χ2v) is 6.06. The minimum atomic E-state index is -0.891. The second kappa shape index (κ2) is 5.73. The van der Waals surface area contributed by atoms with Crippen molar-refractivity contribution in [3.63, 3.8) is 0 Å². The highest BCUT2D eigenvalue weighted by atomic mass is 35.5. The van der Waals surface area contributed by atoms with E-state index < -0.39 is 11.6 Å². The highest BCUT2D eigenvalue weighted by Crippen LogP contribution is 2.29. The van der Waals surface area contributed by atoms with Gasteiger partial charge in [-0.15, -0.1) is 0 Å².